The third-order valence-electron chi connectivity index (χ3n) is 3.61. The summed E-state index contributed by atoms with van der Waals surface area (Å²) in [5.74, 6) is 0.203. The molecule has 26 heavy (non-hydrogen) atoms. The molecule has 8 heteroatoms. The van der Waals surface area contributed by atoms with Gasteiger partial charge in [0, 0.05) is 12.6 Å². The molecule has 0 saturated carbocycles. The number of sulfonamides is 1. The number of carbonyl (C=O) groups excluding carboxylic acids is 1. The van der Waals surface area contributed by atoms with Gasteiger partial charge in [-0.3, -0.25) is 9.52 Å². The zero-order valence-corrected chi connectivity index (χ0v) is 15.7. The largest absolute Gasteiger partial charge is 0.497 e. The first-order valence-electron chi connectivity index (χ1n) is 8.05. The highest BCUT2D eigenvalue weighted by Gasteiger charge is 2.23. The molecular weight excluding hydrogens is 356 g/mol. The molecule has 0 saturated heterocycles. The van der Waals surface area contributed by atoms with E-state index in [2.05, 4.69) is 10.0 Å². The molecular formula is C18H22N2O5S. The highest BCUT2D eigenvalue weighted by Crippen LogP contribution is 2.30. The van der Waals surface area contributed by atoms with Crippen molar-refractivity contribution in [2.45, 2.75) is 18.2 Å². The number of benzene rings is 2. The van der Waals surface area contributed by atoms with Gasteiger partial charge in [-0.15, -0.1) is 0 Å². The van der Waals surface area contributed by atoms with Crippen molar-refractivity contribution in [3.05, 3.63) is 48.0 Å². The van der Waals surface area contributed by atoms with E-state index < -0.39 is 10.0 Å². The Morgan fingerprint density at radius 3 is 2.46 bits per heavy atom. The normalized spacial score (nSPS) is 10.9. The van der Waals surface area contributed by atoms with Gasteiger partial charge in [-0.2, -0.15) is 0 Å². The molecule has 2 aromatic carbocycles. The van der Waals surface area contributed by atoms with Gasteiger partial charge in [-0.1, -0.05) is 19.1 Å². The van der Waals surface area contributed by atoms with Crippen LogP contribution in [0.15, 0.2) is 47.4 Å². The summed E-state index contributed by atoms with van der Waals surface area (Å²) < 4.78 is 38.4. The van der Waals surface area contributed by atoms with Crippen LogP contribution in [0.4, 0.5) is 5.69 Å². The fraction of sp³-hybridized carbons (Fsp3) is 0.278. The number of hydrogen-bond donors (Lipinski definition) is 2. The van der Waals surface area contributed by atoms with Crippen LogP contribution in [0.3, 0.4) is 0 Å². The predicted molar refractivity (Wildman–Crippen MR) is 99.4 cm³/mol. The van der Waals surface area contributed by atoms with E-state index in [1.807, 2.05) is 6.92 Å². The van der Waals surface area contributed by atoms with Gasteiger partial charge in [-0.05, 0) is 30.7 Å². The average Bonchev–Trinajstić information content (AvgIpc) is 2.65. The van der Waals surface area contributed by atoms with Crippen molar-refractivity contribution >= 4 is 21.6 Å². The molecule has 2 aromatic rings. The standard InChI is InChI=1S/C18H22N2O5S/c1-4-11-19-18(21)14-7-5-6-8-15(14)20-26(22,23)17-12-13(24-2)9-10-16(17)25-3/h5-10,12,20H,4,11H2,1-3H3,(H,19,21). The monoisotopic (exact) mass is 378 g/mol. The molecule has 0 aliphatic heterocycles. The van der Waals surface area contributed by atoms with Crippen LogP contribution in [0.2, 0.25) is 0 Å². The quantitative estimate of drug-likeness (QED) is 0.736. The minimum absolute atomic E-state index is 0.0804. The molecule has 0 spiro atoms. The van der Waals surface area contributed by atoms with Crippen LogP contribution in [0.1, 0.15) is 23.7 Å². The second-order valence-electron chi connectivity index (χ2n) is 5.42. The number of ether oxygens (including phenoxy) is 2. The summed E-state index contributed by atoms with van der Waals surface area (Å²) >= 11 is 0. The lowest BCUT2D eigenvalue weighted by Crippen LogP contribution is -2.26. The van der Waals surface area contributed by atoms with Crippen molar-refractivity contribution in [3.8, 4) is 11.5 Å². The molecule has 0 atom stereocenters. The molecule has 7 nitrogen and oxygen atoms in total. The first kappa shape index (κ1) is 19.6. The zero-order chi connectivity index (χ0) is 19.2. The molecule has 2 rings (SSSR count). The van der Waals surface area contributed by atoms with Crippen LogP contribution in [-0.2, 0) is 10.0 Å². The van der Waals surface area contributed by atoms with Gasteiger partial charge >= 0.3 is 0 Å². The van der Waals surface area contributed by atoms with Crippen molar-refractivity contribution in [2.75, 3.05) is 25.5 Å². The Balaban J connectivity index is 2.41. The van der Waals surface area contributed by atoms with Gasteiger partial charge in [-0.25, -0.2) is 8.42 Å². The van der Waals surface area contributed by atoms with Crippen LogP contribution in [0.25, 0.3) is 0 Å². The van der Waals surface area contributed by atoms with Crippen LogP contribution in [0, 0.1) is 0 Å². The molecule has 0 fully saturated rings. The maximum Gasteiger partial charge on any atom is 0.265 e. The second kappa shape index (κ2) is 8.57. The van der Waals surface area contributed by atoms with E-state index in [9.17, 15) is 13.2 Å². The molecule has 2 N–H and O–H groups in total. The fourth-order valence-corrected chi connectivity index (χ4v) is 3.56. The Hall–Kier alpha value is -2.74. The summed E-state index contributed by atoms with van der Waals surface area (Å²) in [5, 5.41) is 2.74. The van der Waals surface area contributed by atoms with E-state index in [-0.39, 0.29) is 27.8 Å². The highest BCUT2D eigenvalue weighted by atomic mass is 32.2. The lowest BCUT2D eigenvalue weighted by Gasteiger charge is -2.15. The third-order valence-corrected chi connectivity index (χ3v) is 5.00. The lowest BCUT2D eigenvalue weighted by molar-refractivity contribution is 0.0954. The molecule has 140 valence electrons. The topological polar surface area (TPSA) is 93.7 Å². The number of methoxy groups -OCH3 is 2. The Bertz CT molecular complexity index is 881. The number of para-hydroxylation sites is 1. The summed E-state index contributed by atoms with van der Waals surface area (Å²) in [6.45, 7) is 2.44. The van der Waals surface area contributed by atoms with E-state index in [0.29, 0.717) is 12.3 Å². The zero-order valence-electron chi connectivity index (χ0n) is 14.9. The van der Waals surface area contributed by atoms with Crippen molar-refractivity contribution in [2.24, 2.45) is 0 Å². The van der Waals surface area contributed by atoms with Crippen LogP contribution < -0.4 is 19.5 Å². The summed E-state index contributed by atoms with van der Waals surface area (Å²) in [4.78, 5) is 12.2. The molecule has 0 heterocycles. The van der Waals surface area contributed by atoms with E-state index in [1.165, 1.54) is 32.4 Å². The van der Waals surface area contributed by atoms with Crippen molar-refractivity contribution in [1.29, 1.82) is 0 Å². The summed E-state index contributed by atoms with van der Waals surface area (Å²) in [6, 6.07) is 10.9. The number of hydrogen-bond acceptors (Lipinski definition) is 5. The van der Waals surface area contributed by atoms with Crippen molar-refractivity contribution in [1.82, 2.24) is 5.32 Å². The number of carbonyl (C=O) groups is 1. The maximum atomic E-state index is 12.9. The van der Waals surface area contributed by atoms with Crippen molar-refractivity contribution < 1.29 is 22.7 Å². The second-order valence-corrected chi connectivity index (χ2v) is 7.07. The van der Waals surface area contributed by atoms with Gasteiger partial charge in [0.1, 0.15) is 16.4 Å². The average molecular weight is 378 g/mol. The van der Waals surface area contributed by atoms with E-state index in [4.69, 9.17) is 9.47 Å². The molecule has 0 radical (unpaired) electrons. The van der Waals surface area contributed by atoms with Crippen LogP contribution in [0.5, 0.6) is 11.5 Å². The number of anilines is 1. The minimum atomic E-state index is -4.00. The van der Waals surface area contributed by atoms with Gasteiger partial charge in [0.25, 0.3) is 15.9 Å². The lowest BCUT2D eigenvalue weighted by atomic mass is 10.1. The first-order valence-corrected chi connectivity index (χ1v) is 9.53. The molecule has 0 aromatic heterocycles. The Kier molecular flexibility index (Phi) is 6.46. The molecule has 0 aliphatic rings. The maximum absolute atomic E-state index is 12.9. The predicted octanol–water partition coefficient (Wildman–Crippen LogP) is 2.64. The summed E-state index contributed by atoms with van der Waals surface area (Å²) in [6.07, 6.45) is 0.778. The van der Waals surface area contributed by atoms with Crippen molar-refractivity contribution in [3.63, 3.8) is 0 Å². The molecule has 0 bridgehead atoms. The highest BCUT2D eigenvalue weighted by molar-refractivity contribution is 7.92. The Labute approximate surface area is 153 Å². The molecule has 0 unspecified atom stereocenters. The van der Waals surface area contributed by atoms with Gasteiger partial charge in [0.2, 0.25) is 0 Å². The smallest absolute Gasteiger partial charge is 0.265 e. The van der Waals surface area contributed by atoms with Gasteiger partial charge in [0.05, 0.1) is 25.5 Å². The molecule has 1 amide bonds. The number of rotatable bonds is 8. The van der Waals surface area contributed by atoms with Gasteiger partial charge < -0.3 is 14.8 Å². The number of amides is 1. The first-order chi connectivity index (χ1) is 12.4. The van der Waals surface area contributed by atoms with E-state index in [1.54, 1.807) is 24.3 Å². The summed E-state index contributed by atoms with van der Waals surface area (Å²) in [7, 11) is -1.17. The van der Waals surface area contributed by atoms with Gasteiger partial charge in [0.15, 0.2) is 0 Å². The third kappa shape index (κ3) is 4.45. The Morgan fingerprint density at radius 1 is 1.08 bits per heavy atom. The Morgan fingerprint density at radius 2 is 1.81 bits per heavy atom. The van der Waals surface area contributed by atoms with E-state index >= 15 is 0 Å². The fourth-order valence-electron chi connectivity index (χ4n) is 2.30. The minimum Gasteiger partial charge on any atom is -0.497 e. The molecule has 0 aliphatic carbocycles. The SMILES string of the molecule is CCCNC(=O)c1ccccc1NS(=O)(=O)c1cc(OC)ccc1OC. The number of nitrogens with one attached hydrogen (secondary N) is 2. The van der Waals surface area contributed by atoms with E-state index in [0.717, 1.165) is 6.42 Å². The van der Waals surface area contributed by atoms with Crippen LogP contribution >= 0.6 is 0 Å². The van der Waals surface area contributed by atoms with Crippen LogP contribution in [-0.4, -0.2) is 35.1 Å². The summed E-state index contributed by atoms with van der Waals surface area (Å²) in [5.41, 5.74) is 0.428.